The van der Waals surface area contributed by atoms with Gasteiger partial charge < -0.3 is 15.0 Å². The third-order valence-corrected chi connectivity index (χ3v) is 12.8. The van der Waals surface area contributed by atoms with Crippen molar-refractivity contribution in [1.82, 2.24) is 24.1 Å². The van der Waals surface area contributed by atoms with Crippen molar-refractivity contribution in [3.05, 3.63) is 77.6 Å². The summed E-state index contributed by atoms with van der Waals surface area (Å²) in [5.41, 5.74) is 1.00. The number of carboxylic acids is 1. The van der Waals surface area contributed by atoms with Crippen LogP contribution < -0.4 is 9.62 Å². The van der Waals surface area contributed by atoms with Crippen LogP contribution in [0.5, 0.6) is 0 Å². The number of H-pyrrole nitrogens is 1. The van der Waals surface area contributed by atoms with Gasteiger partial charge in [0.15, 0.2) is 5.82 Å². The normalized spacial score (nSPS) is 20.1. The fraction of sp³-hybridized carbons (Fsp3) is 0.475. The van der Waals surface area contributed by atoms with E-state index >= 15 is 8.78 Å². The third-order valence-electron chi connectivity index (χ3n) is 11.3. The molecule has 0 saturated carbocycles. The molecule has 4 aromatic rings. The van der Waals surface area contributed by atoms with Crippen molar-refractivity contribution in [3.8, 4) is 11.1 Å². The van der Waals surface area contributed by atoms with Gasteiger partial charge in [-0.1, -0.05) is 32.9 Å². The number of nitrogens with zero attached hydrogens (tertiary/aromatic N) is 5. The first-order valence-corrected chi connectivity index (χ1v) is 20.5. The number of aliphatic carboxylic acids is 1. The molecular weight excluding hydrogens is 748 g/mol. The maximum atomic E-state index is 15.7. The van der Waals surface area contributed by atoms with Crippen molar-refractivity contribution in [2.45, 2.75) is 52.2 Å². The van der Waals surface area contributed by atoms with Crippen LogP contribution in [0.3, 0.4) is 0 Å². The van der Waals surface area contributed by atoms with Crippen molar-refractivity contribution in [2.75, 3.05) is 68.5 Å². The minimum Gasteiger partial charge on any atom is -0.480 e. The Kier molecular flexibility index (Phi) is 11.2. The number of anilines is 2. The SMILES string of the molecule is CC(C)(C)[C@H](C(=O)O)N1CCC(CN2CCN(c3ccc(-c4cnc5[nH]cc(C(=O)c6c(F)ccc(NS(=O)(=O)N7CCC(F)C7)c6F)c5c4)cc3)CC2)CC1. The lowest BCUT2D eigenvalue weighted by atomic mass is 9.83. The van der Waals surface area contributed by atoms with E-state index in [-0.39, 0.29) is 30.5 Å². The van der Waals surface area contributed by atoms with E-state index in [1.54, 1.807) is 12.3 Å². The molecule has 0 bridgehead atoms. The zero-order chi connectivity index (χ0) is 39.9. The molecule has 3 fully saturated rings. The standard InChI is InChI=1S/C40H48F3N7O5S/c1-40(2,3)37(39(52)53)49-13-10-25(11-14-49)23-47-16-18-48(19-17-47)29-6-4-26(5-7-29)27-20-30-31(22-45-38(30)44-21-27)36(51)34-32(42)8-9-33(35(34)43)46-56(54,55)50-15-12-28(41)24-50/h4-9,20-22,25,28,37,46H,10-19,23-24H2,1-3H3,(H,44,45)(H,52,53)/t28?,37-/m0/s1. The van der Waals surface area contributed by atoms with Crippen LogP contribution >= 0.6 is 0 Å². The molecule has 12 nitrogen and oxygen atoms in total. The molecule has 0 spiro atoms. The fourth-order valence-electron chi connectivity index (χ4n) is 8.32. The minimum atomic E-state index is -4.34. The molecule has 0 amide bonds. The molecule has 56 heavy (non-hydrogen) atoms. The first kappa shape index (κ1) is 39.7. The average Bonchev–Trinajstić information content (AvgIpc) is 3.80. The molecule has 3 N–H and O–H groups in total. The van der Waals surface area contributed by atoms with Gasteiger partial charge in [0.1, 0.15) is 23.7 Å². The van der Waals surface area contributed by atoms with E-state index in [2.05, 4.69) is 24.7 Å². The topological polar surface area (TPSA) is 142 Å². The number of nitrogens with one attached hydrogen (secondary N) is 2. The van der Waals surface area contributed by atoms with E-state index in [1.807, 2.05) is 49.8 Å². The number of piperazine rings is 1. The van der Waals surface area contributed by atoms with Gasteiger partial charge in [0, 0.05) is 80.4 Å². The van der Waals surface area contributed by atoms with E-state index in [4.69, 9.17) is 0 Å². The summed E-state index contributed by atoms with van der Waals surface area (Å²) < 4.78 is 72.8. The smallest absolute Gasteiger partial charge is 0.321 e. The lowest BCUT2D eigenvalue weighted by Crippen LogP contribution is -2.53. The Bertz CT molecular complexity index is 2200. The quantitative estimate of drug-likeness (QED) is 0.161. The highest BCUT2D eigenvalue weighted by atomic mass is 32.2. The fourth-order valence-corrected chi connectivity index (χ4v) is 9.59. The van der Waals surface area contributed by atoms with Gasteiger partial charge >= 0.3 is 16.2 Å². The lowest BCUT2D eigenvalue weighted by Gasteiger charge is -2.43. The third kappa shape index (κ3) is 8.29. The maximum Gasteiger partial charge on any atom is 0.321 e. The number of piperidine rings is 1. The van der Waals surface area contributed by atoms with Crippen molar-refractivity contribution in [3.63, 3.8) is 0 Å². The van der Waals surface area contributed by atoms with Crippen LogP contribution in [0.2, 0.25) is 0 Å². The summed E-state index contributed by atoms with van der Waals surface area (Å²) in [6.45, 7) is 11.7. The van der Waals surface area contributed by atoms with Gasteiger partial charge in [0.2, 0.25) is 5.78 Å². The summed E-state index contributed by atoms with van der Waals surface area (Å²) in [7, 11) is -4.34. The molecule has 300 valence electrons. The van der Waals surface area contributed by atoms with Crippen molar-refractivity contribution >= 4 is 44.4 Å². The Labute approximate surface area is 324 Å². The predicted molar refractivity (Wildman–Crippen MR) is 209 cm³/mol. The second kappa shape index (κ2) is 15.8. The summed E-state index contributed by atoms with van der Waals surface area (Å²) in [6.07, 6.45) is 3.62. The monoisotopic (exact) mass is 795 g/mol. The Hall–Kier alpha value is -4.51. The second-order valence-corrected chi connectivity index (χ2v) is 17.9. The molecule has 3 saturated heterocycles. The number of rotatable bonds is 11. The number of carbonyl (C=O) groups is 2. The number of aromatic nitrogens is 2. The van der Waals surface area contributed by atoms with Gasteiger partial charge in [-0.15, -0.1) is 0 Å². The molecule has 3 aliphatic heterocycles. The van der Waals surface area contributed by atoms with Gasteiger partial charge in [0.25, 0.3) is 0 Å². The van der Waals surface area contributed by atoms with E-state index in [9.17, 15) is 27.5 Å². The van der Waals surface area contributed by atoms with Gasteiger partial charge in [0.05, 0.1) is 11.3 Å². The number of carbonyl (C=O) groups excluding carboxylic acids is 1. The molecule has 2 aromatic carbocycles. The number of carboxylic acid groups (broad SMARTS) is 1. The molecule has 2 atom stereocenters. The summed E-state index contributed by atoms with van der Waals surface area (Å²) in [6, 6.07) is 11.0. The number of benzene rings is 2. The summed E-state index contributed by atoms with van der Waals surface area (Å²) in [5, 5.41) is 10.2. The predicted octanol–water partition coefficient (Wildman–Crippen LogP) is 5.77. The van der Waals surface area contributed by atoms with Crippen LogP contribution in [0.15, 0.2) is 54.9 Å². The number of alkyl halides is 1. The van der Waals surface area contributed by atoms with Crippen LogP contribution in [0.4, 0.5) is 24.5 Å². The lowest BCUT2D eigenvalue weighted by molar-refractivity contribution is -0.148. The van der Waals surface area contributed by atoms with Crippen LogP contribution in [-0.4, -0.2) is 120 Å². The van der Waals surface area contributed by atoms with Gasteiger partial charge in [-0.2, -0.15) is 12.7 Å². The minimum absolute atomic E-state index is 0.00864. The van der Waals surface area contributed by atoms with Crippen molar-refractivity contribution < 1.29 is 36.3 Å². The van der Waals surface area contributed by atoms with Gasteiger partial charge in [-0.05, 0) is 79.6 Å². The molecule has 16 heteroatoms. The first-order valence-electron chi connectivity index (χ1n) is 19.1. The van der Waals surface area contributed by atoms with Crippen LogP contribution in [-0.2, 0) is 15.0 Å². The highest BCUT2D eigenvalue weighted by Gasteiger charge is 2.38. The summed E-state index contributed by atoms with van der Waals surface area (Å²) in [5.74, 6) is -3.74. The number of pyridine rings is 1. The average molecular weight is 796 g/mol. The number of likely N-dealkylation sites (tertiary alicyclic amines) is 1. The number of aromatic amines is 1. The summed E-state index contributed by atoms with van der Waals surface area (Å²) >= 11 is 0. The van der Waals surface area contributed by atoms with E-state index in [0.717, 1.165) is 86.3 Å². The van der Waals surface area contributed by atoms with Crippen LogP contribution in [0.1, 0.15) is 56.0 Å². The van der Waals surface area contributed by atoms with Gasteiger partial charge in [-0.25, -0.2) is 18.2 Å². The Morgan fingerprint density at radius 2 is 1.66 bits per heavy atom. The Morgan fingerprint density at radius 1 is 0.964 bits per heavy atom. The maximum absolute atomic E-state index is 15.7. The van der Waals surface area contributed by atoms with Crippen molar-refractivity contribution in [1.29, 1.82) is 0 Å². The Balaban J connectivity index is 0.985. The molecule has 0 radical (unpaired) electrons. The molecule has 1 unspecified atom stereocenters. The number of fused-ring (bicyclic) bond motifs is 1. The highest BCUT2D eigenvalue weighted by Crippen LogP contribution is 2.33. The van der Waals surface area contributed by atoms with E-state index in [0.29, 0.717) is 22.5 Å². The summed E-state index contributed by atoms with van der Waals surface area (Å²) in [4.78, 5) is 40.0. The molecule has 5 heterocycles. The number of halogens is 3. The van der Waals surface area contributed by atoms with Crippen LogP contribution in [0, 0.1) is 23.0 Å². The molecule has 7 rings (SSSR count). The van der Waals surface area contributed by atoms with Gasteiger partial charge in [-0.3, -0.25) is 24.1 Å². The van der Waals surface area contributed by atoms with E-state index < -0.39 is 57.1 Å². The highest BCUT2D eigenvalue weighted by molar-refractivity contribution is 7.90. The molecule has 2 aromatic heterocycles. The molecule has 0 aliphatic carbocycles. The van der Waals surface area contributed by atoms with Crippen molar-refractivity contribution in [2.24, 2.45) is 11.3 Å². The number of ketones is 1. The molecule has 3 aliphatic rings. The second-order valence-electron chi connectivity index (χ2n) is 16.2. The number of hydrogen-bond donors (Lipinski definition) is 3. The largest absolute Gasteiger partial charge is 0.480 e. The zero-order valence-electron chi connectivity index (χ0n) is 31.8. The first-order chi connectivity index (χ1) is 26.6. The molecular formula is C40H48F3N7O5S. The van der Waals surface area contributed by atoms with E-state index in [1.165, 1.54) is 6.20 Å². The Morgan fingerprint density at radius 3 is 2.29 bits per heavy atom. The zero-order valence-corrected chi connectivity index (χ0v) is 32.6. The number of hydrogen-bond acceptors (Lipinski definition) is 8. The van der Waals surface area contributed by atoms with Crippen LogP contribution in [0.25, 0.3) is 22.2 Å².